The summed E-state index contributed by atoms with van der Waals surface area (Å²) in [5, 5.41) is 9.75. The molecule has 27 heavy (non-hydrogen) atoms. The highest BCUT2D eigenvalue weighted by molar-refractivity contribution is 8.03. The van der Waals surface area contributed by atoms with E-state index in [2.05, 4.69) is 52.3 Å². The fourth-order valence-corrected chi connectivity index (χ4v) is 4.16. The summed E-state index contributed by atoms with van der Waals surface area (Å²) in [7, 11) is 0. The quantitative estimate of drug-likeness (QED) is 0.695. The molecule has 2 heterocycles. The Kier molecular flexibility index (Phi) is 5.01. The first-order valence-electron chi connectivity index (χ1n) is 8.57. The van der Waals surface area contributed by atoms with Gasteiger partial charge < -0.3 is 20.9 Å². The summed E-state index contributed by atoms with van der Waals surface area (Å²) >= 11 is 7.74. The number of nitrogens with one attached hydrogen (secondary N) is 3. The smallest absolute Gasteiger partial charge is 0.319 e. The maximum Gasteiger partial charge on any atom is 0.319 e. The van der Waals surface area contributed by atoms with Gasteiger partial charge in [-0.3, -0.25) is 0 Å². The summed E-state index contributed by atoms with van der Waals surface area (Å²) in [6.07, 6.45) is 4.26. The van der Waals surface area contributed by atoms with Gasteiger partial charge in [0.05, 0.1) is 5.70 Å². The van der Waals surface area contributed by atoms with Crippen molar-refractivity contribution in [1.29, 1.82) is 0 Å². The summed E-state index contributed by atoms with van der Waals surface area (Å²) in [5.41, 5.74) is 4.12. The molecule has 138 valence electrons. The number of carbonyl (C=O) groups excluding carboxylic acids is 1. The van der Waals surface area contributed by atoms with Crippen molar-refractivity contribution in [2.24, 2.45) is 0 Å². The van der Waals surface area contributed by atoms with Crippen LogP contribution < -0.4 is 16.0 Å². The molecular formula is C20H19ClN4OS. The first-order valence-corrected chi connectivity index (χ1v) is 9.83. The van der Waals surface area contributed by atoms with E-state index in [9.17, 15) is 4.79 Å². The van der Waals surface area contributed by atoms with E-state index in [4.69, 9.17) is 11.6 Å². The van der Waals surface area contributed by atoms with Crippen molar-refractivity contribution < 1.29 is 4.79 Å². The Morgan fingerprint density at radius 2 is 2.07 bits per heavy atom. The molecule has 2 aliphatic heterocycles. The van der Waals surface area contributed by atoms with Gasteiger partial charge in [-0.05, 0) is 42.3 Å². The highest BCUT2D eigenvalue weighted by atomic mass is 35.5. The molecule has 7 heteroatoms. The van der Waals surface area contributed by atoms with Crippen LogP contribution in [0.4, 0.5) is 10.5 Å². The van der Waals surface area contributed by atoms with Gasteiger partial charge in [-0.25, -0.2) is 4.79 Å². The molecule has 2 aliphatic rings. The number of allylic oxidation sites excluding steroid dienone is 1. The number of amides is 2. The van der Waals surface area contributed by atoms with Gasteiger partial charge in [0.15, 0.2) is 5.50 Å². The van der Waals surface area contributed by atoms with Gasteiger partial charge in [-0.1, -0.05) is 47.6 Å². The van der Waals surface area contributed by atoms with Crippen molar-refractivity contribution in [2.75, 3.05) is 5.32 Å². The average Bonchev–Trinajstić information content (AvgIpc) is 3.18. The lowest BCUT2D eigenvalue weighted by molar-refractivity contribution is 0.251. The third-order valence-electron chi connectivity index (χ3n) is 4.23. The molecule has 2 aromatic rings. The molecule has 5 nitrogen and oxygen atoms in total. The first-order chi connectivity index (χ1) is 13.1. The summed E-state index contributed by atoms with van der Waals surface area (Å²) in [4.78, 5) is 15.6. The van der Waals surface area contributed by atoms with Gasteiger partial charge in [-0.2, -0.15) is 0 Å². The Bertz CT molecular complexity index is 943. The second-order valence-electron chi connectivity index (χ2n) is 6.36. The van der Waals surface area contributed by atoms with Crippen LogP contribution in [-0.4, -0.2) is 16.4 Å². The molecule has 1 atom stereocenters. The van der Waals surface area contributed by atoms with E-state index in [0.29, 0.717) is 17.3 Å². The molecule has 0 saturated heterocycles. The molecule has 0 bridgehead atoms. The maximum atomic E-state index is 12.1. The zero-order valence-electron chi connectivity index (χ0n) is 14.7. The average molecular weight is 399 g/mol. The van der Waals surface area contributed by atoms with Crippen molar-refractivity contribution in [3.05, 3.63) is 82.0 Å². The monoisotopic (exact) mass is 398 g/mol. The van der Waals surface area contributed by atoms with Gasteiger partial charge in [0.25, 0.3) is 0 Å². The van der Waals surface area contributed by atoms with Crippen molar-refractivity contribution >= 4 is 40.8 Å². The molecule has 1 unspecified atom stereocenters. The number of nitrogens with zero attached hydrogens (tertiary/aromatic N) is 1. The molecule has 0 fully saturated rings. The highest BCUT2D eigenvalue weighted by Crippen LogP contribution is 2.36. The van der Waals surface area contributed by atoms with Crippen molar-refractivity contribution in [3.63, 3.8) is 0 Å². The zero-order chi connectivity index (χ0) is 18.8. The largest absolute Gasteiger partial charge is 0.354 e. The minimum absolute atomic E-state index is 0.241. The van der Waals surface area contributed by atoms with Crippen LogP contribution in [-0.2, 0) is 6.54 Å². The van der Waals surface area contributed by atoms with Gasteiger partial charge in [0.1, 0.15) is 0 Å². The molecule has 0 aliphatic carbocycles. The summed E-state index contributed by atoms with van der Waals surface area (Å²) in [6, 6.07) is 15.0. The highest BCUT2D eigenvalue weighted by Gasteiger charge is 2.28. The number of hydrogen-bond acceptors (Lipinski definition) is 4. The van der Waals surface area contributed by atoms with Crippen LogP contribution in [0.2, 0.25) is 5.02 Å². The summed E-state index contributed by atoms with van der Waals surface area (Å²) in [6.45, 7) is 2.55. The Morgan fingerprint density at radius 3 is 2.89 bits per heavy atom. The van der Waals surface area contributed by atoms with Gasteiger partial charge in [-0.15, -0.1) is 0 Å². The second kappa shape index (κ2) is 7.58. The molecule has 0 spiro atoms. The van der Waals surface area contributed by atoms with Crippen LogP contribution in [0.3, 0.4) is 0 Å². The Morgan fingerprint density at radius 1 is 1.22 bits per heavy atom. The molecule has 4 rings (SSSR count). The minimum Gasteiger partial charge on any atom is -0.354 e. The zero-order valence-corrected chi connectivity index (χ0v) is 16.3. The van der Waals surface area contributed by atoms with Crippen LogP contribution in [0.15, 0.2) is 65.8 Å². The number of hydrogen-bond donors (Lipinski definition) is 3. The maximum absolute atomic E-state index is 12.1. The molecule has 3 N–H and O–H groups in total. The van der Waals surface area contributed by atoms with Crippen LogP contribution in [0.1, 0.15) is 18.1 Å². The van der Waals surface area contributed by atoms with E-state index in [1.54, 1.807) is 36.0 Å². The van der Waals surface area contributed by atoms with Gasteiger partial charge in [0, 0.05) is 34.6 Å². The third kappa shape index (κ3) is 4.23. The molecule has 2 aromatic carbocycles. The topological polar surface area (TPSA) is 56.4 Å². The summed E-state index contributed by atoms with van der Waals surface area (Å²) in [5.74, 6) is 0. The normalized spacial score (nSPS) is 17.7. The van der Waals surface area contributed by atoms with Crippen molar-refractivity contribution in [3.8, 4) is 0 Å². The molecule has 2 amide bonds. The Hall–Kier alpha value is -2.57. The van der Waals surface area contributed by atoms with Crippen molar-refractivity contribution in [2.45, 2.75) is 19.0 Å². The number of halogens is 1. The van der Waals surface area contributed by atoms with E-state index < -0.39 is 0 Å². The molecule has 0 radical (unpaired) electrons. The first kappa shape index (κ1) is 17.8. The predicted octanol–water partition coefficient (Wildman–Crippen LogP) is 4.76. The Balaban J connectivity index is 1.37. The SMILES string of the molecule is CC1=CN2C=C(c3cccc(CNC(=O)Nc4cccc(Cl)c4)c3)NC2S1. The number of rotatable bonds is 4. The number of fused-ring (bicyclic) bond motifs is 1. The lowest BCUT2D eigenvalue weighted by Crippen LogP contribution is -2.28. The number of thioether (sulfide) groups is 1. The lowest BCUT2D eigenvalue weighted by atomic mass is 10.1. The Labute approximate surface area is 167 Å². The van der Waals surface area contributed by atoms with Crippen molar-refractivity contribution in [1.82, 2.24) is 15.5 Å². The van der Waals surface area contributed by atoms with Gasteiger partial charge >= 0.3 is 6.03 Å². The predicted molar refractivity (Wildman–Crippen MR) is 112 cm³/mol. The molecule has 0 saturated carbocycles. The van der Waals surface area contributed by atoms with Crippen LogP contribution >= 0.6 is 23.4 Å². The van der Waals surface area contributed by atoms with E-state index in [0.717, 1.165) is 16.8 Å². The van der Waals surface area contributed by atoms with Gasteiger partial charge in [0.2, 0.25) is 0 Å². The number of benzene rings is 2. The minimum atomic E-state index is -0.265. The van der Waals surface area contributed by atoms with E-state index in [1.165, 1.54) is 4.91 Å². The standard InChI is InChI=1S/C20H19ClN4OS/c1-13-11-25-12-18(24-20(25)27-13)15-5-2-4-14(8-15)10-22-19(26)23-17-7-3-6-16(21)9-17/h2-9,11-12,20,24H,10H2,1H3,(H2,22,23,26). The van der Waals surface area contributed by atoms with E-state index >= 15 is 0 Å². The number of anilines is 1. The van der Waals surface area contributed by atoms with E-state index in [1.807, 2.05) is 12.1 Å². The second-order valence-corrected chi connectivity index (χ2v) is 8.13. The molecule has 0 aromatic heterocycles. The van der Waals surface area contributed by atoms with Crippen LogP contribution in [0, 0.1) is 0 Å². The van der Waals surface area contributed by atoms with E-state index in [-0.39, 0.29) is 11.5 Å². The number of carbonyl (C=O) groups is 1. The van der Waals surface area contributed by atoms with Crippen LogP contribution in [0.5, 0.6) is 0 Å². The van der Waals surface area contributed by atoms with Crippen LogP contribution in [0.25, 0.3) is 5.70 Å². The lowest BCUT2D eigenvalue weighted by Gasteiger charge is -2.14. The number of urea groups is 1. The fraction of sp³-hybridized carbons (Fsp3) is 0.150. The fourth-order valence-electron chi connectivity index (χ4n) is 3.00. The third-order valence-corrected chi connectivity index (χ3v) is 5.53. The molecular weight excluding hydrogens is 380 g/mol. The summed E-state index contributed by atoms with van der Waals surface area (Å²) < 4.78 is 0.